The van der Waals surface area contributed by atoms with Crippen LogP contribution >= 0.6 is 0 Å². The zero-order valence-electron chi connectivity index (χ0n) is 33.0. The lowest BCUT2D eigenvalue weighted by atomic mass is 10.0. The van der Waals surface area contributed by atoms with Gasteiger partial charge in [0.1, 0.15) is 30.3 Å². The van der Waals surface area contributed by atoms with Crippen molar-refractivity contribution in [1.82, 2.24) is 40.4 Å². The summed E-state index contributed by atoms with van der Waals surface area (Å²) in [5.41, 5.74) is 5.72. The van der Waals surface area contributed by atoms with Gasteiger partial charge >= 0.3 is 12.2 Å². The molecule has 0 aliphatic carbocycles. The Morgan fingerprint density at radius 2 is 1.14 bits per heavy atom. The van der Waals surface area contributed by atoms with Gasteiger partial charge in [-0.2, -0.15) is 0 Å². The van der Waals surface area contributed by atoms with Crippen LogP contribution in [0.25, 0.3) is 33.6 Å². The fraction of sp³-hybridized carbons (Fsp3) is 0.395. The second-order valence-electron chi connectivity index (χ2n) is 15.1. The van der Waals surface area contributed by atoms with Gasteiger partial charge in [0.25, 0.3) is 0 Å². The van der Waals surface area contributed by atoms with Crippen molar-refractivity contribution in [2.45, 2.75) is 77.5 Å². The molecular formula is C43H52N8O6. The number of hydrogen-bond acceptors (Lipinski definition) is 8. The standard InChI is InChI=1S/C43H52N8O6/c1-7-23-57-43(55)49-37(27(5)6)41(53)51-22-10-12-35(51)39-45-25-33(47-39)31-19-15-29(16-20-31)28-13-17-30(18-14-28)32-24-44-38(46-32)34-11-9-21-50(34)40(52)36(26(3)4)48-42(54)56-8-2/h7-8,13-20,24-27,34-37H,1-2,9-12,21-23H2,3-6H3,(H,44,46)(H,45,47)(H,48,54)(H,49,55)/t34-,35-,36-,37-/m0/s1. The highest BCUT2D eigenvalue weighted by Crippen LogP contribution is 2.35. The molecule has 0 spiro atoms. The molecule has 14 nitrogen and oxygen atoms in total. The third kappa shape index (κ3) is 9.28. The van der Waals surface area contributed by atoms with E-state index >= 15 is 0 Å². The summed E-state index contributed by atoms with van der Waals surface area (Å²) in [6, 6.07) is 14.5. The van der Waals surface area contributed by atoms with E-state index in [4.69, 9.17) is 9.47 Å². The van der Waals surface area contributed by atoms with Crippen LogP contribution in [0, 0.1) is 11.8 Å². The van der Waals surface area contributed by atoms with Gasteiger partial charge in [0.05, 0.1) is 42.1 Å². The van der Waals surface area contributed by atoms with Crippen molar-refractivity contribution >= 4 is 24.0 Å². The molecule has 2 fully saturated rings. The van der Waals surface area contributed by atoms with E-state index in [9.17, 15) is 19.2 Å². The number of aromatic nitrogens is 4. The third-order valence-corrected chi connectivity index (χ3v) is 10.6. The largest absolute Gasteiger partial charge is 0.445 e. The summed E-state index contributed by atoms with van der Waals surface area (Å²) in [5.74, 6) is 0.821. The van der Waals surface area contributed by atoms with Crippen LogP contribution in [0.15, 0.2) is 86.4 Å². The van der Waals surface area contributed by atoms with Crippen molar-refractivity contribution in [3.8, 4) is 33.6 Å². The zero-order valence-corrected chi connectivity index (χ0v) is 33.0. The highest BCUT2D eigenvalue weighted by molar-refractivity contribution is 5.87. The molecule has 0 unspecified atom stereocenters. The van der Waals surface area contributed by atoms with Gasteiger partial charge in [-0.25, -0.2) is 19.6 Å². The SMILES string of the molecule is C=CCOC(=O)N[C@H](C(=O)N1CCC[C@H]1c1ncc(-c2ccc(-c3ccc(-c4cnc([C@@H]5CCCN5C(=O)[C@@H](NC(=O)OC=C)C(C)C)[nH]4)cc3)cc2)[nH]1)C(C)C. The lowest BCUT2D eigenvalue weighted by Crippen LogP contribution is -2.51. The Labute approximate surface area is 333 Å². The second-order valence-corrected chi connectivity index (χ2v) is 15.1. The Kier molecular flexibility index (Phi) is 12.9. The van der Waals surface area contributed by atoms with E-state index < -0.39 is 24.3 Å². The topological polar surface area (TPSA) is 175 Å². The normalized spacial score (nSPS) is 17.6. The number of nitrogens with zero attached hydrogens (tertiary/aromatic N) is 4. The van der Waals surface area contributed by atoms with Gasteiger partial charge in [0.15, 0.2) is 0 Å². The van der Waals surface area contributed by atoms with Gasteiger partial charge < -0.3 is 39.9 Å². The Hall–Kier alpha value is -6.18. The summed E-state index contributed by atoms with van der Waals surface area (Å²) in [6.45, 7) is 15.7. The average Bonchev–Trinajstić information content (AvgIpc) is 4.05. The lowest BCUT2D eigenvalue weighted by molar-refractivity contribution is -0.136. The molecule has 2 aliphatic rings. The predicted octanol–water partition coefficient (Wildman–Crippen LogP) is 7.29. The highest BCUT2D eigenvalue weighted by Gasteiger charge is 2.39. The van der Waals surface area contributed by atoms with Crippen LogP contribution in [-0.4, -0.2) is 85.5 Å². The summed E-state index contributed by atoms with van der Waals surface area (Å²) in [7, 11) is 0. The summed E-state index contributed by atoms with van der Waals surface area (Å²) < 4.78 is 9.88. The molecule has 4 amide bonds. The van der Waals surface area contributed by atoms with Gasteiger partial charge in [-0.05, 0) is 59.8 Å². The van der Waals surface area contributed by atoms with Crippen molar-refractivity contribution in [3.63, 3.8) is 0 Å². The van der Waals surface area contributed by atoms with E-state index in [1.807, 2.05) is 52.0 Å². The molecule has 14 heteroatoms. The number of H-pyrrole nitrogens is 2. The molecule has 0 bridgehead atoms. The number of benzene rings is 2. The van der Waals surface area contributed by atoms with E-state index in [0.29, 0.717) is 24.7 Å². The number of imidazole rings is 2. The molecule has 300 valence electrons. The maximum atomic E-state index is 13.7. The zero-order chi connectivity index (χ0) is 40.6. The summed E-state index contributed by atoms with van der Waals surface area (Å²) in [5, 5.41) is 5.40. The molecule has 4 heterocycles. The van der Waals surface area contributed by atoms with E-state index in [1.165, 1.54) is 6.08 Å². The molecule has 0 radical (unpaired) electrons. The number of carbonyl (C=O) groups is 4. The van der Waals surface area contributed by atoms with Gasteiger partial charge in [0.2, 0.25) is 11.8 Å². The van der Waals surface area contributed by atoms with Gasteiger partial charge in [0, 0.05) is 13.1 Å². The predicted molar refractivity (Wildman–Crippen MR) is 216 cm³/mol. The van der Waals surface area contributed by atoms with Crippen LogP contribution in [0.5, 0.6) is 0 Å². The van der Waals surface area contributed by atoms with E-state index in [1.54, 1.807) is 22.2 Å². The Morgan fingerprint density at radius 3 is 1.54 bits per heavy atom. The summed E-state index contributed by atoms with van der Waals surface area (Å²) >= 11 is 0. The molecule has 2 aliphatic heterocycles. The first-order chi connectivity index (χ1) is 27.5. The first kappa shape index (κ1) is 40.5. The number of rotatable bonds is 14. The number of likely N-dealkylation sites (tertiary alicyclic amines) is 2. The third-order valence-electron chi connectivity index (χ3n) is 10.6. The minimum absolute atomic E-state index is 0.0672. The van der Waals surface area contributed by atoms with Crippen LogP contribution in [-0.2, 0) is 19.1 Å². The molecule has 2 aromatic heterocycles. The molecule has 4 atom stereocenters. The smallest absolute Gasteiger partial charge is 0.412 e. The van der Waals surface area contributed by atoms with E-state index in [-0.39, 0.29) is 42.3 Å². The fourth-order valence-electron chi connectivity index (χ4n) is 7.54. The molecule has 57 heavy (non-hydrogen) atoms. The Bertz CT molecular complexity index is 2050. The van der Waals surface area contributed by atoms with Crippen molar-refractivity contribution < 1.29 is 28.7 Å². The minimum Gasteiger partial charge on any atom is -0.445 e. The molecule has 4 aromatic rings. The Morgan fingerprint density at radius 1 is 0.719 bits per heavy atom. The fourth-order valence-corrected chi connectivity index (χ4v) is 7.54. The van der Waals surface area contributed by atoms with Crippen molar-refractivity contribution in [1.29, 1.82) is 0 Å². The number of alkyl carbamates (subject to hydrolysis) is 2. The second kappa shape index (κ2) is 18.2. The van der Waals surface area contributed by atoms with Gasteiger partial charge in [-0.15, -0.1) is 0 Å². The number of hydrogen-bond donors (Lipinski definition) is 4. The molecule has 4 N–H and O–H groups in total. The van der Waals surface area contributed by atoms with Crippen molar-refractivity contribution in [2.75, 3.05) is 19.7 Å². The highest BCUT2D eigenvalue weighted by atomic mass is 16.5. The van der Waals surface area contributed by atoms with Crippen LogP contribution in [0.1, 0.15) is 77.1 Å². The van der Waals surface area contributed by atoms with Crippen LogP contribution in [0.2, 0.25) is 0 Å². The lowest BCUT2D eigenvalue weighted by Gasteiger charge is -2.30. The molecule has 0 saturated carbocycles. The first-order valence-corrected chi connectivity index (χ1v) is 19.5. The maximum absolute atomic E-state index is 13.7. The minimum atomic E-state index is -0.736. The average molecular weight is 777 g/mol. The molecule has 2 aromatic carbocycles. The van der Waals surface area contributed by atoms with Crippen LogP contribution < -0.4 is 10.6 Å². The van der Waals surface area contributed by atoms with Gasteiger partial charge in [-0.1, -0.05) is 95.5 Å². The number of nitrogens with one attached hydrogen (secondary N) is 4. The molecular weight excluding hydrogens is 725 g/mol. The monoisotopic (exact) mass is 776 g/mol. The van der Waals surface area contributed by atoms with E-state index in [0.717, 1.165) is 65.6 Å². The Balaban J connectivity index is 1.09. The summed E-state index contributed by atoms with van der Waals surface area (Å²) in [6.07, 6.45) is 7.95. The van der Waals surface area contributed by atoms with Crippen molar-refractivity contribution in [2.24, 2.45) is 11.8 Å². The van der Waals surface area contributed by atoms with Crippen molar-refractivity contribution in [3.05, 3.63) is 98.1 Å². The van der Waals surface area contributed by atoms with Crippen LogP contribution in [0.3, 0.4) is 0 Å². The number of aromatic amines is 2. The van der Waals surface area contributed by atoms with Crippen LogP contribution in [0.4, 0.5) is 9.59 Å². The maximum Gasteiger partial charge on any atom is 0.412 e. The molecule has 2 saturated heterocycles. The van der Waals surface area contributed by atoms with E-state index in [2.05, 4.69) is 68.0 Å². The molecule has 6 rings (SSSR count). The first-order valence-electron chi connectivity index (χ1n) is 19.5. The summed E-state index contributed by atoms with van der Waals surface area (Å²) in [4.78, 5) is 71.5. The number of amides is 4. The number of carbonyl (C=O) groups excluding carboxylic acids is 4. The quantitative estimate of drug-likeness (QED) is 0.0763. The van der Waals surface area contributed by atoms with Gasteiger partial charge in [-0.3, -0.25) is 9.59 Å². The number of ether oxygens (including phenoxy) is 2.